The molecule has 1 atom stereocenters. The zero-order valence-corrected chi connectivity index (χ0v) is 11.4. The van der Waals surface area contributed by atoms with Gasteiger partial charge in [-0.25, -0.2) is 0 Å². The van der Waals surface area contributed by atoms with Gasteiger partial charge in [-0.1, -0.05) is 36.4 Å². The standard InChI is InChI=1S/C16H18N2O2/c1-18(11-14-9-5-6-10-17-14)12-15(16(19)20)13-7-3-2-4-8-13/h2-10,15H,11-12H2,1H3,(H,19,20). The predicted octanol–water partition coefficient (Wildman–Crippen LogP) is 2.38. The van der Waals surface area contributed by atoms with Gasteiger partial charge < -0.3 is 5.11 Å². The molecule has 0 aliphatic heterocycles. The van der Waals surface area contributed by atoms with Gasteiger partial charge in [0.2, 0.25) is 0 Å². The molecule has 1 unspecified atom stereocenters. The zero-order valence-electron chi connectivity index (χ0n) is 11.4. The van der Waals surface area contributed by atoms with Crippen molar-refractivity contribution in [1.82, 2.24) is 9.88 Å². The number of carbonyl (C=O) groups is 1. The molecule has 1 N–H and O–H groups in total. The summed E-state index contributed by atoms with van der Waals surface area (Å²) in [5.74, 6) is -1.33. The SMILES string of the molecule is CN(Cc1ccccn1)CC(C(=O)O)c1ccccc1. The summed E-state index contributed by atoms with van der Waals surface area (Å²) in [7, 11) is 1.91. The molecule has 0 spiro atoms. The molecule has 4 heteroatoms. The molecule has 20 heavy (non-hydrogen) atoms. The number of hydrogen-bond acceptors (Lipinski definition) is 3. The third-order valence-corrected chi connectivity index (χ3v) is 3.15. The third kappa shape index (κ3) is 3.90. The van der Waals surface area contributed by atoms with Crippen molar-refractivity contribution in [2.75, 3.05) is 13.6 Å². The third-order valence-electron chi connectivity index (χ3n) is 3.15. The molecule has 0 radical (unpaired) electrons. The molecule has 104 valence electrons. The second-order valence-corrected chi connectivity index (χ2v) is 4.82. The van der Waals surface area contributed by atoms with Gasteiger partial charge in [-0.15, -0.1) is 0 Å². The number of aliphatic carboxylic acids is 1. The fraction of sp³-hybridized carbons (Fsp3) is 0.250. The molecule has 2 rings (SSSR count). The zero-order chi connectivity index (χ0) is 14.4. The summed E-state index contributed by atoms with van der Waals surface area (Å²) >= 11 is 0. The number of hydrogen-bond donors (Lipinski definition) is 1. The molecule has 0 saturated heterocycles. The van der Waals surface area contributed by atoms with Crippen LogP contribution in [0.2, 0.25) is 0 Å². The Kier molecular flexibility index (Phi) is 4.85. The Morgan fingerprint density at radius 2 is 1.90 bits per heavy atom. The molecule has 0 fully saturated rings. The lowest BCUT2D eigenvalue weighted by molar-refractivity contribution is -0.139. The normalized spacial score (nSPS) is 12.3. The van der Waals surface area contributed by atoms with E-state index in [1.54, 1.807) is 6.20 Å². The lowest BCUT2D eigenvalue weighted by Crippen LogP contribution is -2.28. The Bertz CT molecular complexity index is 543. The van der Waals surface area contributed by atoms with Crippen LogP contribution in [0.25, 0.3) is 0 Å². The van der Waals surface area contributed by atoms with E-state index < -0.39 is 11.9 Å². The second-order valence-electron chi connectivity index (χ2n) is 4.82. The first-order chi connectivity index (χ1) is 9.66. The van der Waals surface area contributed by atoms with Gasteiger partial charge in [-0.3, -0.25) is 14.7 Å². The van der Waals surface area contributed by atoms with Crippen molar-refractivity contribution in [2.24, 2.45) is 0 Å². The summed E-state index contributed by atoms with van der Waals surface area (Å²) in [6, 6.07) is 15.1. The van der Waals surface area contributed by atoms with E-state index in [-0.39, 0.29) is 0 Å². The van der Waals surface area contributed by atoms with E-state index in [1.807, 2.05) is 60.5 Å². The molecule has 1 heterocycles. The Morgan fingerprint density at radius 3 is 2.50 bits per heavy atom. The fourth-order valence-electron chi connectivity index (χ4n) is 2.16. The molecular weight excluding hydrogens is 252 g/mol. The first kappa shape index (κ1) is 14.2. The lowest BCUT2D eigenvalue weighted by Gasteiger charge is -2.21. The smallest absolute Gasteiger partial charge is 0.312 e. The van der Waals surface area contributed by atoms with Crippen molar-refractivity contribution >= 4 is 5.97 Å². The highest BCUT2D eigenvalue weighted by Gasteiger charge is 2.21. The highest BCUT2D eigenvalue weighted by Crippen LogP contribution is 2.17. The summed E-state index contributed by atoms with van der Waals surface area (Å²) in [4.78, 5) is 17.7. The van der Waals surface area contributed by atoms with E-state index >= 15 is 0 Å². The predicted molar refractivity (Wildman–Crippen MR) is 77.4 cm³/mol. The van der Waals surface area contributed by atoms with E-state index in [0.717, 1.165) is 11.3 Å². The van der Waals surface area contributed by atoms with Crippen LogP contribution in [0.4, 0.5) is 0 Å². The molecule has 1 aromatic carbocycles. The molecule has 0 amide bonds. The number of benzene rings is 1. The van der Waals surface area contributed by atoms with Gasteiger partial charge in [-0.05, 0) is 24.7 Å². The van der Waals surface area contributed by atoms with Crippen LogP contribution in [0.3, 0.4) is 0 Å². The summed E-state index contributed by atoms with van der Waals surface area (Å²) in [6.07, 6.45) is 1.75. The van der Waals surface area contributed by atoms with Gasteiger partial charge in [0.1, 0.15) is 0 Å². The van der Waals surface area contributed by atoms with E-state index in [0.29, 0.717) is 13.1 Å². The van der Waals surface area contributed by atoms with E-state index in [2.05, 4.69) is 4.98 Å². The van der Waals surface area contributed by atoms with Gasteiger partial charge >= 0.3 is 5.97 Å². The number of aromatic nitrogens is 1. The molecule has 0 aliphatic rings. The number of nitrogens with zero attached hydrogens (tertiary/aromatic N) is 2. The monoisotopic (exact) mass is 270 g/mol. The fourth-order valence-corrected chi connectivity index (χ4v) is 2.16. The van der Waals surface area contributed by atoms with Gasteiger partial charge in [0.25, 0.3) is 0 Å². The number of pyridine rings is 1. The number of likely N-dealkylation sites (N-methyl/N-ethyl adjacent to an activating group) is 1. The van der Waals surface area contributed by atoms with Gasteiger partial charge in [-0.2, -0.15) is 0 Å². The molecule has 2 aromatic rings. The minimum Gasteiger partial charge on any atom is -0.481 e. The van der Waals surface area contributed by atoms with E-state index in [4.69, 9.17) is 0 Å². The molecule has 0 saturated carbocycles. The number of rotatable bonds is 6. The largest absolute Gasteiger partial charge is 0.481 e. The van der Waals surface area contributed by atoms with E-state index in [9.17, 15) is 9.90 Å². The maximum Gasteiger partial charge on any atom is 0.312 e. The summed E-state index contributed by atoms with van der Waals surface area (Å²) in [6.45, 7) is 1.09. The van der Waals surface area contributed by atoms with Crippen LogP contribution in [0.5, 0.6) is 0 Å². The van der Waals surface area contributed by atoms with Crippen LogP contribution >= 0.6 is 0 Å². The minimum atomic E-state index is -0.802. The lowest BCUT2D eigenvalue weighted by atomic mass is 9.99. The van der Waals surface area contributed by atoms with Crippen molar-refractivity contribution < 1.29 is 9.90 Å². The number of carboxylic acids is 1. The Morgan fingerprint density at radius 1 is 1.20 bits per heavy atom. The molecule has 4 nitrogen and oxygen atoms in total. The average molecular weight is 270 g/mol. The second kappa shape index (κ2) is 6.82. The summed E-state index contributed by atoms with van der Waals surface area (Å²) in [5, 5.41) is 9.40. The van der Waals surface area contributed by atoms with Gasteiger partial charge in [0.15, 0.2) is 0 Å². The van der Waals surface area contributed by atoms with Crippen LogP contribution in [0.15, 0.2) is 54.7 Å². The Hall–Kier alpha value is -2.20. The highest BCUT2D eigenvalue weighted by atomic mass is 16.4. The van der Waals surface area contributed by atoms with Crippen LogP contribution in [-0.4, -0.2) is 34.6 Å². The minimum absolute atomic E-state index is 0.454. The summed E-state index contributed by atoms with van der Waals surface area (Å²) < 4.78 is 0. The van der Waals surface area contributed by atoms with Crippen LogP contribution < -0.4 is 0 Å². The molecule has 0 bridgehead atoms. The van der Waals surface area contributed by atoms with Crippen LogP contribution in [-0.2, 0) is 11.3 Å². The highest BCUT2D eigenvalue weighted by molar-refractivity contribution is 5.76. The quantitative estimate of drug-likeness (QED) is 0.875. The maximum atomic E-state index is 11.4. The molecule has 0 aliphatic carbocycles. The topological polar surface area (TPSA) is 53.4 Å². The van der Waals surface area contributed by atoms with Crippen molar-refractivity contribution in [3.05, 3.63) is 66.0 Å². The number of carboxylic acid groups (broad SMARTS) is 1. The van der Waals surface area contributed by atoms with Gasteiger partial charge in [0.05, 0.1) is 11.6 Å². The van der Waals surface area contributed by atoms with Crippen molar-refractivity contribution in [2.45, 2.75) is 12.5 Å². The first-order valence-electron chi connectivity index (χ1n) is 6.53. The molecule has 1 aromatic heterocycles. The first-order valence-corrected chi connectivity index (χ1v) is 6.53. The average Bonchev–Trinajstić information content (AvgIpc) is 2.46. The molecular formula is C16H18N2O2. The maximum absolute atomic E-state index is 11.4. The Labute approximate surface area is 118 Å². The Balaban J connectivity index is 2.04. The van der Waals surface area contributed by atoms with Gasteiger partial charge in [0, 0.05) is 19.3 Å². The van der Waals surface area contributed by atoms with Crippen LogP contribution in [0, 0.1) is 0 Å². The van der Waals surface area contributed by atoms with Crippen molar-refractivity contribution in [1.29, 1.82) is 0 Å². The van der Waals surface area contributed by atoms with Crippen molar-refractivity contribution in [3.63, 3.8) is 0 Å². The van der Waals surface area contributed by atoms with Crippen LogP contribution in [0.1, 0.15) is 17.2 Å². The van der Waals surface area contributed by atoms with E-state index in [1.165, 1.54) is 0 Å². The van der Waals surface area contributed by atoms with Crippen molar-refractivity contribution in [3.8, 4) is 0 Å². The summed E-state index contributed by atoms with van der Waals surface area (Å²) in [5.41, 5.74) is 1.76.